The molecule has 1 rings (SSSR count). The lowest BCUT2D eigenvalue weighted by molar-refractivity contribution is -0.144. The maximum absolute atomic E-state index is 10.7. The van der Waals surface area contributed by atoms with E-state index in [4.69, 9.17) is 9.84 Å². The van der Waals surface area contributed by atoms with Crippen LogP contribution >= 0.6 is 0 Å². The number of hydrogen-bond acceptors (Lipinski definition) is 3. The molecule has 0 spiro atoms. The molecule has 0 aromatic heterocycles. The van der Waals surface area contributed by atoms with Crippen LogP contribution in [0.5, 0.6) is 0 Å². The Morgan fingerprint density at radius 1 is 1.40 bits per heavy atom. The third-order valence-corrected chi connectivity index (χ3v) is 3.02. The predicted molar refractivity (Wildman–Crippen MR) is 55.6 cm³/mol. The van der Waals surface area contributed by atoms with Gasteiger partial charge in [0.15, 0.2) is 0 Å². The summed E-state index contributed by atoms with van der Waals surface area (Å²) in [5.41, 5.74) is 0. The standard InChI is InChI=1S/C11H20O4/c1-2-9(12)7-15-10-5-3-8(4-6-10)11(13)14/h8-10,12H,2-7H2,1H3,(H,13,14). The minimum absolute atomic E-state index is 0.141. The van der Waals surface area contributed by atoms with Gasteiger partial charge in [-0.15, -0.1) is 0 Å². The Morgan fingerprint density at radius 2 is 2.00 bits per heavy atom. The van der Waals surface area contributed by atoms with Gasteiger partial charge in [-0.25, -0.2) is 0 Å². The molecule has 0 amide bonds. The molecule has 88 valence electrons. The first-order valence-corrected chi connectivity index (χ1v) is 5.66. The van der Waals surface area contributed by atoms with Crippen molar-refractivity contribution in [2.45, 2.75) is 51.2 Å². The smallest absolute Gasteiger partial charge is 0.306 e. The second-order valence-corrected chi connectivity index (χ2v) is 4.21. The monoisotopic (exact) mass is 216 g/mol. The third kappa shape index (κ3) is 4.18. The van der Waals surface area contributed by atoms with E-state index < -0.39 is 5.97 Å². The lowest BCUT2D eigenvalue weighted by atomic mass is 9.87. The molecular formula is C11H20O4. The van der Waals surface area contributed by atoms with Crippen LogP contribution < -0.4 is 0 Å². The highest BCUT2D eigenvalue weighted by Crippen LogP contribution is 2.26. The van der Waals surface area contributed by atoms with E-state index in [2.05, 4.69) is 0 Å². The van der Waals surface area contributed by atoms with Gasteiger partial charge >= 0.3 is 5.97 Å². The maximum atomic E-state index is 10.7. The van der Waals surface area contributed by atoms with Crippen molar-refractivity contribution in [3.8, 4) is 0 Å². The fraction of sp³-hybridized carbons (Fsp3) is 0.909. The summed E-state index contributed by atoms with van der Waals surface area (Å²) >= 11 is 0. The minimum Gasteiger partial charge on any atom is -0.481 e. The number of aliphatic hydroxyl groups is 1. The van der Waals surface area contributed by atoms with Crippen LogP contribution in [0.4, 0.5) is 0 Å². The first-order chi connectivity index (χ1) is 7.13. The molecule has 0 aromatic rings. The molecule has 0 bridgehead atoms. The van der Waals surface area contributed by atoms with Gasteiger partial charge in [0.25, 0.3) is 0 Å². The van der Waals surface area contributed by atoms with Gasteiger partial charge in [-0.1, -0.05) is 6.92 Å². The van der Waals surface area contributed by atoms with Crippen LogP contribution in [0.25, 0.3) is 0 Å². The van der Waals surface area contributed by atoms with Crippen LogP contribution in [0.2, 0.25) is 0 Å². The van der Waals surface area contributed by atoms with Crippen molar-refractivity contribution in [1.82, 2.24) is 0 Å². The number of rotatable bonds is 5. The highest BCUT2D eigenvalue weighted by atomic mass is 16.5. The Kier molecular flexibility index (Phi) is 5.05. The van der Waals surface area contributed by atoms with Gasteiger partial charge in [0.05, 0.1) is 24.7 Å². The van der Waals surface area contributed by atoms with Crippen molar-refractivity contribution >= 4 is 5.97 Å². The number of aliphatic carboxylic acids is 1. The van der Waals surface area contributed by atoms with E-state index in [0.717, 1.165) is 12.8 Å². The molecular weight excluding hydrogens is 196 g/mol. The Morgan fingerprint density at radius 3 is 2.47 bits per heavy atom. The average Bonchev–Trinajstić information content (AvgIpc) is 2.26. The predicted octanol–water partition coefficient (Wildman–Crippen LogP) is 1.42. The second-order valence-electron chi connectivity index (χ2n) is 4.21. The molecule has 1 fully saturated rings. The fourth-order valence-corrected chi connectivity index (χ4v) is 1.84. The van der Waals surface area contributed by atoms with E-state index >= 15 is 0 Å². The molecule has 0 radical (unpaired) electrons. The minimum atomic E-state index is -0.693. The first kappa shape index (κ1) is 12.5. The van der Waals surface area contributed by atoms with Gasteiger partial charge in [-0.2, -0.15) is 0 Å². The number of aliphatic hydroxyl groups excluding tert-OH is 1. The Bertz CT molecular complexity index is 197. The zero-order valence-electron chi connectivity index (χ0n) is 9.19. The van der Waals surface area contributed by atoms with E-state index in [1.807, 2.05) is 6.92 Å². The summed E-state index contributed by atoms with van der Waals surface area (Å²) in [6.45, 7) is 2.29. The normalized spacial score (nSPS) is 28.7. The fourth-order valence-electron chi connectivity index (χ4n) is 1.84. The van der Waals surface area contributed by atoms with Crippen molar-refractivity contribution in [3.63, 3.8) is 0 Å². The molecule has 15 heavy (non-hydrogen) atoms. The molecule has 0 saturated heterocycles. The molecule has 1 saturated carbocycles. The average molecular weight is 216 g/mol. The Hall–Kier alpha value is -0.610. The van der Waals surface area contributed by atoms with E-state index in [1.165, 1.54) is 0 Å². The molecule has 1 unspecified atom stereocenters. The first-order valence-electron chi connectivity index (χ1n) is 5.66. The largest absolute Gasteiger partial charge is 0.481 e. The Labute approximate surface area is 90.2 Å². The molecule has 0 heterocycles. The molecule has 1 aliphatic carbocycles. The summed E-state index contributed by atoms with van der Waals surface area (Å²) in [6, 6.07) is 0. The van der Waals surface area contributed by atoms with Crippen LogP contribution in [-0.2, 0) is 9.53 Å². The van der Waals surface area contributed by atoms with Crippen molar-refractivity contribution < 1.29 is 19.7 Å². The van der Waals surface area contributed by atoms with Crippen LogP contribution in [0.15, 0.2) is 0 Å². The van der Waals surface area contributed by atoms with E-state index in [9.17, 15) is 9.90 Å². The molecule has 4 heteroatoms. The summed E-state index contributed by atoms with van der Waals surface area (Å²) in [4.78, 5) is 10.7. The number of hydrogen-bond donors (Lipinski definition) is 2. The molecule has 1 atom stereocenters. The third-order valence-electron chi connectivity index (χ3n) is 3.02. The van der Waals surface area contributed by atoms with Crippen molar-refractivity contribution in [2.24, 2.45) is 5.92 Å². The number of ether oxygens (including phenoxy) is 1. The highest BCUT2D eigenvalue weighted by molar-refractivity contribution is 5.69. The lowest BCUT2D eigenvalue weighted by Gasteiger charge is -2.26. The summed E-state index contributed by atoms with van der Waals surface area (Å²) < 4.78 is 5.52. The van der Waals surface area contributed by atoms with Gasteiger partial charge in [0.1, 0.15) is 0 Å². The summed E-state index contributed by atoms with van der Waals surface area (Å²) in [5.74, 6) is -0.886. The quantitative estimate of drug-likeness (QED) is 0.729. The van der Waals surface area contributed by atoms with Crippen molar-refractivity contribution in [1.29, 1.82) is 0 Å². The Balaban J connectivity index is 2.17. The summed E-state index contributed by atoms with van der Waals surface area (Å²) in [5, 5.41) is 18.1. The molecule has 1 aliphatic rings. The highest BCUT2D eigenvalue weighted by Gasteiger charge is 2.26. The van der Waals surface area contributed by atoms with Crippen LogP contribution in [0.3, 0.4) is 0 Å². The second kappa shape index (κ2) is 6.08. The lowest BCUT2D eigenvalue weighted by Crippen LogP contribution is -2.28. The van der Waals surface area contributed by atoms with E-state index in [1.54, 1.807) is 0 Å². The zero-order chi connectivity index (χ0) is 11.3. The number of carbonyl (C=O) groups is 1. The van der Waals surface area contributed by atoms with Gasteiger partial charge in [0.2, 0.25) is 0 Å². The van der Waals surface area contributed by atoms with Crippen molar-refractivity contribution in [3.05, 3.63) is 0 Å². The maximum Gasteiger partial charge on any atom is 0.306 e. The van der Waals surface area contributed by atoms with Gasteiger partial charge in [-0.05, 0) is 32.1 Å². The summed E-state index contributed by atoms with van der Waals surface area (Å²) in [7, 11) is 0. The summed E-state index contributed by atoms with van der Waals surface area (Å²) in [6.07, 6.45) is 3.44. The van der Waals surface area contributed by atoms with Crippen molar-refractivity contribution in [2.75, 3.05) is 6.61 Å². The number of carboxylic acid groups (broad SMARTS) is 1. The van der Waals surface area contributed by atoms with Gasteiger partial charge in [0, 0.05) is 0 Å². The van der Waals surface area contributed by atoms with Crippen LogP contribution in [0.1, 0.15) is 39.0 Å². The SMILES string of the molecule is CCC(O)COC1CCC(C(=O)O)CC1. The van der Waals surface area contributed by atoms with Gasteiger partial charge < -0.3 is 14.9 Å². The van der Waals surface area contributed by atoms with Gasteiger partial charge in [-0.3, -0.25) is 4.79 Å². The van der Waals surface area contributed by atoms with E-state index in [0.29, 0.717) is 25.9 Å². The van der Waals surface area contributed by atoms with E-state index in [-0.39, 0.29) is 18.1 Å². The van der Waals surface area contributed by atoms with Crippen LogP contribution in [0, 0.1) is 5.92 Å². The molecule has 0 aliphatic heterocycles. The zero-order valence-corrected chi connectivity index (χ0v) is 9.19. The molecule has 0 aromatic carbocycles. The topological polar surface area (TPSA) is 66.8 Å². The number of carboxylic acids is 1. The molecule has 2 N–H and O–H groups in total. The van der Waals surface area contributed by atoms with Crippen LogP contribution in [-0.4, -0.2) is 35.0 Å². The molecule has 4 nitrogen and oxygen atoms in total.